The molecule has 0 spiro atoms. The van der Waals surface area contributed by atoms with Crippen LogP contribution in [0, 0.1) is 5.92 Å². The molecule has 0 radical (unpaired) electrons. The van der Waals surface area contributed by atoms with Gasteiger partial charge in [-0.15, -0.1) is 11.3 Å². The van der Waals surface area contributed by atoms with Crippen LogP contribution in [0.2, 0.25) is 0 Å². The highest BCUT2D eigenvalue weighted by atomic mass is 32.1. The first kappa shape index (κ1) is 13.4. The zero-order valence-electron chi connectivity index (χ0n) is 11.0. The van der Waals surface area contributed by atoms with Crippen molar-refractivity contribution in [1.29, 1.82) is 0 Å². The van der Waals surface area contributed by atoms with Crippen molar-refractivity contribution in [2.45, 2.75) is 32.7 Å². The van der Waals surface area contributed by atoms with Gasteiger partial charge in [0, 0.05) is 25.0 Å². The van der Waals surface area contributed by atoms with Crippen LogP contribution in [-0.4, -0.2) is 24.9 Å². The Morgan fingerprint density at radius 3 is 2.61 bits per heavy atom. The van der Waals surface area contributed by atoms with E-state index in [2.05, 4.69) is 4.90 Å². The first-order valence-corrected chi connectivity index (χ1v) is 7.24. The smallest absolute Gasteiger partial charge is 0.177 e. The molecule has 4 nitrogen and oxygen atoms in total. The lowest BCUT2D eigenvalue weighted by atomic mass is 10.1. The number of Topliss-reactive ketones (excluding diaryl/α,β-unsaturated/α-hetero) is 1. The summed E-state index contributed by atoms with van der Waals surface area (Å²) in [5, 5.41) is 1.10. The van der Waals surface area contributed by atoms with E-state index in [1.807, 2.05) is 19.9 Å². The van der Waals surface area contributed by atoms with Crippen LogP contribution in [0.4, 0.5) is 10.7 Å². The van der Waals surface area contributed by atoms with Crippen LogP contribution in [0.25, 0.3) is 0 Å². The molecule has 0 amide bonds. The van der Waals surface area contributed by atoms with Crippen LogP contribution in [0.3, 0.4) is 0 Å². The predicted molar refractivity (Wildman–Crippen MR) is 77.3 cm³/mol. The van der Waals surface area contributed by atoms with Gasteiger partial charge < -0.3 is 16.4 Å². The Balaban J connectivity index is 2.16. The molecule has 5 heteroatoms. The molecule has 1 aliphatic rings. The summed E-state index contributed by atoms with van der Waals surface area (Å²) >= 11 is 1.51. The fourth-order valence-corrected chi connectivity index (χ4v) is 3.34. The summed E-state index contributed by atoms with van der Waals surface area (Å²) in [6, 6.07) is 2.24. The largest absolute Gasteiger partial charge is 0.397 e. The summed E-state index contributed by atoms with van der Waals surface area (Å²) in [6.07, 6.45) is 2.01. The number of piperidine rings is 1. The second kappa shape index (κ2) is 5.28. The fourth-order valence-electron chi connectivity index (χ4n) is 2.12. The molecule has 1 saturated heterocycles. The molecule has 1 aromatic rings. The Bertz CT molecular complexity index is 433. The number of thiophene rings is 1. The summed E-state index contributed by atoms with van der Waals surface area (Å²) in [4.78, 5) is 15.0. The van der Waals surface area contributed by atoms with Crippen molar-refractivity contribution < 1.29 is 4.79 Å². The third-order valence-corrected chi connectivity index (χ3v) is 4.57. The van der Waals surface area contributed by atoms with E-state index in [9.17, 15) is 4.79 Å². The normalized spacial score (nSPS) is 17.4. The predicted octanol–water partition coefficient (Wildman–Crippen LogP) is 2.10. The molecule has 0 bridgehead atoms. The van der Waals surface area contributed by atoms with Crippen molar-refractivity contribution in [3.8, 4) is 0 Å². The number of hydrogen-bond donors (Lipinski definition) is 2. The van der Waals surface area contributed by atoms with E-state index < -0.39 is 0 Å². The maximum absolute atomic E-state index is 12.0. The maximum atomic E-state index is 12.0. The first-order chi connectivity index (χ1) is 8.49. The van der Waals surface area contributed by atoms with Crippen molar-refractivity contribution in [3.63, 3.8) is 0 Å². The number of hydrogen-bond acceptors (Lipinski definition) is 5. The van der Waals surface area contributed by atoms with Crippen LogP contribution in [0.15, 0.2) is 6.07 Å². The molecule has 0 atom stereocenters. The van der Waals surface area contributed by atoms with E-state index in [0.717, 1.165) is 30.9 Å². The lowest BCUT2D eigenvalue weighted by Gasteiger charge is -2.30. The highest BCUT2D eigenvalue weighted by Crippen LogP contribution is 2.34. The molecular formula is C13H21N3OS. The molecule has 1 aliphatic heterocycles. The number of carbonyl (C=O) groups is 1. The maximum Gasteiger partial charge on any atom is 0.177 e. The molecule has 18 heavy (non-hydrogen) atoms. The second-order valence-electron chi connectivity index (χ2n) is 5.21. The van der Waals surface area contributed by atoms with Gasteiger partial charge in [-0.25, -0.2) is 0 Å². The number of anilines is 2. The van der Waals surface area contributed by atoms with Crippen molar-refractivity contribution in [2.75, 3.05) is 23.7 Å². The molecule has 1 aromatic heterocycles. The van der Waals surface area contributed by atoms with Gasteiger partial charge >= 0.3 is 0 Å². The second-order valence-corrected chi connectivity index (χ2v) is 6.24. The van der Waals surface area contributed by atoms with Crippen LogP contribution in [0.5, 0.6) is 0 Å². The summed E-state index contributed by atoms with van der Waals surface area (Å²) in [6.45, 7) is 5.72. The minimum Gasteiger partial charge on any atom is -0.397 e. The molecule has 0 unspecified atom stereocenters. The van der Waals surface area contributed by atoms with Crippen molar-refractivity contribution in [2.24, 2.45) is 11.7 Å². The Kier molecular flexibility index (Phi) is 3.92. The van der Waals surface area contributed by atoms with Crippen molar-refractivity contribution >= 4 is 27.8 Å². The topological polar surface area (TPSA) is 72.3 Å². The molecule has 100 valence electrons. The molecule has 0 saturated carbocycles. The molecule has 1 fully saturated rings. The summed E-state index contributed by atoms with van der Waals surface area (Å²) in [5.41, 5.74) is 12.5. The van der Waals surface area contributed by atoms with Gasteiger partial charge in [0.05, 0.1) is 15.6 Å². The SMILES string of the molecule is CC(C)C(=O)c1sc(N2CCC(N)CC2)cc1N. The fraction of sp³-hybridized carbons (Fsp3) is 0.615. The van der Waals surface area contributed by atoms with E-state index in [1.54, 1.807) is 0 Å². The van der Waals surface area contributed by atoms with Gasteiger partial charge in [-0.2, -0.15) is 0 Å². The molecule has 4 N–H and O–H groups in total. The van der Waals surface area contributed by atoms with E-state index in [0.29, 0.717) is 16.6 Å². The Morgan fingerprint density at radius 1 is 1.44 bits per heavy atom. The zero-order valence-corrected chi connectivity index (χ0v) is 11.8. The van der Waals surface area contributed by atoms with Crippen molar-refractivity contribution in [1.82, 2.24) is 0 Å². The number of nitrogen functional groups attached to an aromatic ring is 1. The van der Waals surface area contributed by atoms with E-state index >= 15 is 0 Å². The van der Waals surface area contributed by atoms with Gasteiger partial charge in [0.25, 0.3) is 0 Å². The number of rotatable bonds is 3. The number of carbonyl (C=O) groups excluding carboxylic acids is 1. The average molecular weight is 267 g/mol. The number of nitrogens with two attached hydrogens (primary N) is 2. The standard InChI is InChI=1S/C13H21N3OS/c1-8(2)12(17)13-10(15)7-11(18-13)16-5-3-9(14)4-6-16/h7-9H,3-6,14-15H2,1-2H3. The molecule has 0 aromatic carbocycles. The number of ketones is 1. The lowest BCUT2D eigenvalue weighted by Crippen LogP contribution is -2.39. The van der Waals surface area contributed by atoms with Gasteiger partial charge in [-0.05, 0) is 18.9 Å². The van der Waals surface area contributed by atoms with Crippen molar-refractivity contribution in [3.05, 3.63) is 10.9 Å². The molecule has 2 rings (SSSR count). The minimum atomic E-state index is -0.00595. The average Bonchev–Trinajstić information content (AvgIpc) is 2.71. The van der Waals surface area contributed by atoms with Crippen LogP contribution in [0.1, 0.15) is 36.4 Å². The third-order valence-electron chi connectivity index (χ3n) is 3.35. The molecule has 2 heterocycles. The monoisotopic (exact) mass is 267 g/mol. The Morgan fingerprint density at radius 2 is 2.06 bits per heavy atom. The molecule has 0 aliphatic carbocycles. The Labute approximate surface area is 112 Å². The number of nitrogens with zero attached hydrogens (tertiary/aromatic N) is 1. The first-order valence-electron chi connectivity index (χ1n) is 6.43. The van der Waals surface area contributed by atoms with Gasteiger partial charge in [-0.1, -0.05) is 13.8 Å². The minimum absolute atomic E-state index is 0.00595. The van der Waals surface area contributed by atoms with Crippen LogP contribution >= 0.6 is 11.3 Å². The quantitative estimate of drug-likeness (QED) is 0.823. The van der Waals surface area contributed by atoms with Gasteiger partial charge in [0.1, 0.15) is 0 Å². The lowest BCUT2D eigenvalue weighted by molar-refractivity contribution is 0.0944. The highest BCUT2D eigenvalue weighted by Gasteiger charge is 2.22. The van der Waals surface area contributed by atoms with Crippen LogP contribution < -0.4 is 16.4 Å². The van der Waals surface area contributed by atoms with Gasteiger partial charge in [0.2, 0.25) is 0 Å². The van der Waals surface area contributed by atoms with Gasteiger partial charge in [-0.3, -0.25) is 4.79 Å². The summed E-state index contributed by atoms with van der Waals surface area (Å²) < 4.78 is 0. The Hall–Kier alpha value is -1.07. The summed E-state index contributed by atoms with van der Waals surface area (Å²) in [7, 11) is 0. The van der Waals surface area contributed by atoms with Crippen LogP contribution in [-0.2, 0) is 0 Å². The van der Waals surface area contributed by atoms with E-state index in [4.69, 9.17) is 11.5 Å². The molecular weight excluding hydrogens is 246 g/mol. The zero-order chi connectivity index (χ0) is 13.3. The van der Waals surface area contributed by atoms with E-state index in [-0.39, 0.29) is 11.7 Å². The van der Waals surface area contributed by atoms with E-state index in [1.165, 1.54) is 11.3 Å². The summed E-state index contributed by atoms with van der Waals surface area (Å²) in [5.74, 6) is 0.131. The van der Waals surface area contributed by atoms with Gasteiger partial charge in [0.15, 0.2) is 5.78 Å². The third kappa shape index (κ3) is 2.67. The highest BCUT2D eigenvalue weighted by molar-refractivity contribution is 7.18.